The van der Waals surface area contributed by atoms with Crippen LogP contribution in [0.2, 0.25) is 0 Å². The van der Waals surface area contributed by atoms with Gasteiger partial charge in [0.25, 0.3) is 0 Å². The molecule has 2 atom stereocenters. The normalized spacial score (nSPS) is 19.1. The van der Waals surface area contributed by atoms with Crippen LogP contribution in [0.15, 0.2) is 65.4 Å². The predicted octanol–water partition coefficient (Wildman–Crippen LogP) is 5.03. The molecule has 5 heteroatoms. The molecule has 0 bridgehead atoms. The molecule has 2 unspecified atom stereocenters. The fourth-order valence-electron chi connectivity index (χ4n) is 4.05. The van der Waals surface area contributed by atoms with E-state index in [-0.39, 0.29) is 6.04 Å². The van der Waals surface area contributed by atoms with Crippen LogP contribution in [0.25, 0.3) is 10.8 Å². The molecule has 138 valence electrons. The molecule has 0 spiro atoms. The third-order valence-corrected chi connectivity index (χ3v) is 6.06. The maximum atomic E-state index is 12.0. The molecule has 0 radical (unpaired) electrons. The van der Waals surface area contributed by atoms with Crippen LogP contribution in [0.5, 0.6) is 0 Å². The van der Waals surface area contributed by atoms with Crippen molar-refractivity contribution >= 4 is 32.7 Å². The van der Waals surface area contributed by atoms with Gasteiger partial charge < -0.3 is 5.11 Å². The molecule has 2 aromatic carbocycles. The number of hydrogen-bond acceptors (Lipinski definition) is 3. The number of pyridine rings is 1. The third kappa shape index (κ3) is 3.62. The quantitative estimate of drug-likeness (QED) is 0.638. The van der Waals surface area contributed by atoms with Gasteiger partial charge in [-0.05, 0) is 54.1 Å². The standard InChI is InChI=1S/C22H21BrN2O2/c23-19-6-2-1-5-18(19)21(25-12-4-3-7-20(25)22(26)27)16-8-9-17-14-24-11-10-15(17)13-16/h1-2,5-6,8-11,13-14,20-21H,3-4,7,12H2,(H,26,27). The van der Waals surface area contributed by atoms with Gasteiger partial charge in [0.15, 0.2) is 0 Å². The van der Waals surface area contributed by atoms with Crippen molar-refractivity contribution in [3.63, 3.8) is 0 Å². The molecule has 1 saturated heterocycles. The van der Waals surface area contributed by atoms with Gasteiger partial charge in [0.2, 0.25) is 0 Å². The molecular weight excluding hydrogens is 404 g/mol. The van der Waals surface area contributed by atoms with Gasteiger partial charge in [0, 0.05) is 22.3 Å². The zero-order valence-electron chi connectivity index (χ0n) is 14.9. The Kier molecular flexibility index (Phi) is 5.23. The minimum Gasteiger partial charge on any atom is -0.480 e. The van der Waals surface area contributed by atoms with E-state index in [1.54, 1.807) is 6.20 Å². The summed E-state index contributed by atoms with van der Waals surface area (Å²) < 4.78 is 1.000. The Hall–Kier alpha value is -2.24. The lowest BCUT2D eigenvalue weighted by molar-refractivity contribution is -0.145. The smallest absolute Gasteiger partial charge is 0.320 e. The van der Waals surface area contributed by atoms with Crippen molar-refractivity contribution < 1.29 is 9.90 Å². The molecular formula is C22H21BrN2O2. The van der Waals surface area contributed by atoms with Crippen molar-refractivity contribution in [3.8, 4) is 0 Å². The number of benzene rings is 2. The molecule has 0 aliphatic carbocycles. The summed E-state index contributed by atoms with van der Waals surface area (Å²) in [5, 5.41) is 12.0. The fraction of sp³-hybridized carbons (Fsp3) is 0.273. The summed E-state index contributed by atoms with van der Waals surface area (Å²) in [4.78, 5) is 18.3. The van der Waals surface area contributed by atoms with Crippen LogP contribution in [0.1, 0.15) is 36.4 Å². The summed E-state index contributed by atoms with van der Waals surface area (Å²) in [7, 11) is 0. The Balaban J connectivity index is 1.87. The van der Waals surface area contributed by atoms with E-state index < -0.39 is 12.0 Å². The number of piperidine rings is 1. The molecule has 1 aromatic heterocycles. The number of carbonyl (C=O) groups is 1. The maximum absolute atomic E-state index is 12.0. The number of hydrogen-bond donors (Lipinski definition) is 1. The van der Waals surface area contributed by atoms with Crippen molar-refractivity contribution in [2.45, 2.75) is 31.3 Å². The number of fused-ring (bicyclic) bond motifs is 1. The second-order valence-corrected chi connectivity index (χ2v) is 7.85. The van der Waals surface area contributed by atoms with Crippen molar-refractivity contribution in [1.82, 2.24) is 9.88 Å². The molecule has 1 fully saturated rings. The van der Waals surface area contributed by atoms with Crippen molar-refractivity contribution in [3.05, 3.63) is 76.5 Å². The zero-order valence-corrected chi connectivity index (χ0v) is 16.5. The van der Waals surface area contributed by atoms with Crippen LogP contribution in [0, 0.1) is 0 Å². The first-order valence-corrected chi connectivity index (χ1v) is 10.0. The van der Waals surface area contributed by atoms with E-state index in [0.29, 0.717) is 6.42 Å². The van der Waals surface area contributed by atoms with Gasteiger partial charge in [-0.3, -0.25) is 14.7 Å². The average Bonchev–Trinajstić information content (AvgIpc) is 2.70. The molecule has 0 saturated carbocycles. The van der Waals surface area contributed by atoms with Crippen LogP contribution in [0.4, 0.5) is 0 Å². The number of rotatable bonds is 4. The van der Waals surface area contributed by atoms with Crippen LogP contribution < -0.4 is 0 Å². The molecule has 27 heavy (non-hydrogen) atoms. The highest BCUT2D eigenvalue weighted by Gasteiger charge is 2.35. The van der Waals surface area contributed by atoms with Gasteiger partial charge in [-0.25, -0.2) is 0 Å². The summed E-state index contributed by atoms with van der Waals surface area (Å²) in [6.45, 7) is 0.775. The van der Waals surface area contributed by atoms with Crippen LogP contribution >= 0.6 is 15.9 Å². The Bertz CT molecular complexity index is 975. The van der Waals surface area contributed by atoms with Gasteiger partial charge in [0.1, 0.15) is 6.04 Å². The minimum atomic E-state index is -0.739. The second-order valence-electron chi connectivity index (χ2n) is 6.99. The number of carboxylic acids is 1. The number of carboxylic acid groups (broad SMARTS) is 1. The van der Waals surface area contributed by atoms with Gasteiger partial charge in [-0.2, -0.15) is 0 Å². The van der Waals surface area contributed by atoms with E-state index in [0.717, 1.165) is 45.8 Å². The van der Waals surface area contributed by atoms with Gasteiger partial charge in [-0.1, -0.05) is 52.7 Å². The highest BCUT2D eigenvalue weighted by Crippen LogP contribution is 2.38. The summed E-state index contributed by atoms with van der Waals surface area (Å²) >= 11 is 3.68. The van der Waals surface area contributed by atoms with E-state index in [4.69, 9.17) is 0 Å². The lowest BCUT2D eigenvalue weighted by Crippen LogP contribution is -2.46. The highest BCUT2D eigenvalue weighted by molar-refractivity contribution is 9.10. The lowest BCUT2D eigenvalue weighted by Gasteiger charge is -2.40. The Morgan fingerprint density at radius 2 is 2.00 bits per heavy atom. The second kappa shape index (κ2) is 7.79. The fourth-order valence-corrected chi connectivity index (χ4v) is 4.55. The first kappa shape index (κ1) is 18.1. The summed E-state index contributed by atoms with van der Waals surface area (Å²) in [6.07, 6.45) is 6.31. The maximum Gasteiger partial charge on any atom is 0.320 e. The number of aliphatic carboxylic acids is 1. The van der Waals surface area contributed by atoms with Gasteiger partial charge in [-0.15, -0.1) is 0 Å². The van der Waals surface area contributed by atoms with E-state index >= 15 is 0 Å². The lowest BCUT2D eigenvalue weighted by atomic mass is 9.91. The largest absolute Gasteiger partial charge is 0.480 e. The van der Waals surface area contributed by atoms with E-state index in [2.05, 4.69) is 50.1 Å². The van der Waals surface area contributed by atoms with E-state index in [1.807, 2.05) is 30.5 Å². The first-order chi connectivity index (χ1) is 13.1. The third-order valence-electron chi connectivity index (χ3n) is 5.34. The number of nitrogens with zero attached hydrogens (tertiary/aromatic N) is 2. The molecule has 0 amide bonds. The summed E-state index contributed by atoms with van der Waals surface area (Å²) in [5.41, 5.74) is 2.20. The Morgan fingerprint density at radius 1 is 1.15 bits per heavy atom. The van der Waals surface area contributed by atoms with E-state index in [9.17, 15) is 9.90 Å². The Morgan fingerprint density at radius 3 is 2.81 bits per heavy atom. The summed E-state index contributed by atoms with van der Waals surface area (Å²) in [5.74, 6) is -0.739. The van der Waals surface area contributed by atoms with Crippen molar-refractivity contribution in [2.75, 3.05) is 6.54 Å². The highest BCUT2D eigenvalue weighted by atomic mass is 79.9. The molecule has 1 N–H and O–H groups in total. The SMILES string of the molecule is O=C(O)C1CCCCN1C(c1ccc2cnccc2c1)c1ccccc1Br. The van der Waals surface area contributed by atoms with Crippen LogP contribution in [0.3, 0.4) is 0 Å². The average molecular weight is 425 g/mol. The number of halogens is 1. The zero-order chi connectivity index (χ0) is 18.8. The van der Waals surface area contributed by atoms with E-state index in [1.165, 1.54) is 0 Å². The molecule has 4 nitrogen and oxygen atoms in total. The molecule has 3 aromatic rings. The number of aromatic nitrogens is 1. The molecule has 1 aliphatic rings. The van der Waals surface area contributed by atoms with Crippen LogP contribution in [-0.4, -0.2) is 33.5 Å². The van der Waals surface area contributed by atoms with Gasteiger partial charge >= 0.3 is 5.97 Å². The minimum absolute atomic E-state index is 0.112. The molecule has 1 aliphatic heterocycles. The topological polar surface area (TPSA) is 53.4 Å². The molecule has 2 heterocycles. The van der Waals surface area contributed by atoms with Gasteiger partial charge in [0.05, 0.1) is 6.04 Å². The number of likely N-dealkylation sites (tertiary alicyclic amines) is 1. The predicted molar refractivity (Wildman–Crippen MR) is 110 cm³/mol. The van der Waals surface area contributed by atoms with Crippen LogP contribution in [-0.2, 0) is 4.79 Å². The monoisotopic (exact) mass is 424 g/mol. The first-order valence-electron chi connectivity index (χ1n) is 9.22. The van der Waals surface area contributed by atoms with Crippen molar-refractivity contribution in [2.24, 2.45) is 0 Å². The van der Waals surface area contributed by atoms with Crippen molar-refractivity contribution in [1.29, 1.82) is 0 Å². The summed E-state index contributed by atoms with van der Waals surface area (Å²) in [6, 6.07) is 15.9. The molecule has 4 rings (SSSR count). The Labute approximate surface area is 167 Å².